The number of aliphatic hydroxyl groups is 1. The molecule has 0 saturated heterocycles. The summed E-state index contributed by atoms with van der Waals surface area (Å²) in [6, 6.07) is 36.2. The molecule has 7 rings (SSSR count). The molecule has 2 heterocycles. The van der Waals surface area contributed by atoms with E-state index in [-0.39, 0.29) is 37.1 Å². The van der Waals surface area contributed by atoms with Gasteiger partial charge in [0.05, 0.1) is 0 Å². The third-order valence-electron chi connectivity index (χ3n) is 9.07. The molecule has 7 aromatic rings. The molecule has 5 aromatic carbocycles. The summed E-state index contributed by atoms with van der Waals surface area (Å²) in [6.45, 7) is 19.7. The third-order valence-corrected chi connectivity index (χ3v) is 9.07. The van der Waals surface area contributed by atoms with Crippen LogP contribution < -0.4 is 0 Å². The maximum atomic E-state index is 11.5. The van der Waals surface area contributed by atoms with E-state index in [9.17, 15) is 9.90 Å². The summed E-state index contributed by atoms with van der Waals surface area (Å²) in [5.74, 6) is 0.104. The van der Waals surface area contributed by atoms with Gasteiger partial charge >= 0.3 is 0 Å². The van der Waals surface area contributed by atoms with Crippen LogP contribution in [0, 0.1) is 50.7 Å². The summed E-state index contributed by atoms with van der Waals surface area (Å²) < 4.78 is 0. The van der Waals surface area contributed by atoms with Gasteiger partial charge in [-0.25, -0.2) is 0 Å². The van der Waals surface area contributed by atoms with E-state index in [2.05, 4.69) is 117 Å². The largest absolute Gasteiger partial charge is 0.512 e. The first-order valence-corrected chi connectivity index (χ1v) is 17.4. The fraction of sp³-hybridized carbons (Fsp3) is 0.255. The molecule has 0 fully saturated rings. The first kappa shape index (κ1) is 40.1. The van der Waals surface area contributed by atoms with E-state index >= 15 is 0 Å². The Morgan fingerprint density at radius 2 is 1.37 bits per heavy atom. The molecule has 0 amide bonds. The summed E-state index contributed by atoms with van der Waals surface area (Å²) in [5, 5.41) is 18.1. The predicted octanol–water partition coefficient (Wildman–Crippen LogP) is 12.4. The Morgan fingerprint density at radius 3 is 2.06 bits per heavy atom. The van der Waals surface area contributed by atoms with Gasteiger partial charge in [-0.2, -0.15) is 0 Å². The van der Waals surface area contributed by atoms with E-state index in [0.717, 1.165) is 27.7 Å². The number of hydrogen-bond donors (Lipinski definition) is 1. The molecular formula is C47H48IrN2O2-2. The molecule has 1 radical (unpaired) electrons. The number of fused-ring (bicyclic) bond motifs is 6. The van der Waals surface area contributed by atoms with Crippen molar-refractivity contribution in [2.45, 2.75) is 69.2 Å². The van der Waals surface area contributed by atoms with Crippen molar-refractivity contribution in [1.29, 1.82) is 0 Å². The van der Waals surface area contributed by atoms with Gasteiger partial charge in [-0.15, -0.1) is 69.9 Å². The van der Waals surface area contributed by atoms with Crippen molar-refractivity contribution in [3.05, 3.63) is 144 Å². The van der Waals surface area contributed by atoms with Gasteiger partial charge in [-0.1, -0.05) is 97.9 Å². The third kappa shape index (κ3) is 9.20. The van der Waals surface area contributed by atoms with E-state index < -0.39 is 5.41 Å². The van der Waals surface area contributed by atoms with Gasteiger partial charge in [0.25, 0.3) is 0 Å². The molecule has 269 valence electrons. The summed E-state index contributed by atoms with van der Waals surface area (Å²) in [7, 11) is 0. The fourth-order valence-corrected chi connectivity index (χ4v) is 5.86. The minimum atomic E-state index is -0.417. The predicted molar refractivity (Wildman–Crippen MR) is 215 cm³/mol. The van der Waals surface area contributed by atoms with Crippen molar-refractivity contribution < 1.29 is 30.0 Å². The van der Waals surface area contributed by atoms with E-state index in [1.54, 1.807) is 0 Å². The van der Waals surface area contributed by atoms with Crippen LogP contribution in [-0.2, 0) is 24.9 Å². The average Bonchev–Trinajstić information content (AvgIpc) is 3.08. The standard InChI is InChI=1S/C23H20N.C13H8N.C11H20O2.Ir/c1-14-11-15(2)13-18(12-14)23-22-8-7-19-17(4)16(3)5-6-20(19)21(22)9-10-24-23;1-2-6-12-10(4-1)7-8-11-5-3-9-14-13(11)12;1-10(2,3)8(12)7-9(13)11(4,5)6;/h5-12H,1-4H3;1-5,7-9H;7,12H,1-6H3;/q2*-1;;/b;;8-7-;. The van der Waals surface area contributed by atoms with Crippen LogP contribution in [0.1, 0.15) is 63.8 Å². The number of ketones is 1. The molecule has 52 heavy (non-hydrogen) atoms. The van der Waals surface area contributed by atoms with Crippen LogP contribution >= 0.6 is 0 Å². The van der Waals surface area contributed by atoms with Crippen LogP contribution in [0.25, 0.3) is 54.5 Å². The molecule has 0 unspecified atom stereocenters. The normalized spacial score (nSPS) is 11.8. The van der Waals surface area contributed by atoms with Gasteiger partial charge in [-0.3, -0.25) is 4.79 Å². The molecular weight excluding hydrogens is 817 g/mol. The quantitative estimate of drug-likeness (QED) is 0.0814. The number of carbonyl (C=O) groups is 1. The topological polar surface area (TPSA) is 63.1 Å². The van der Waals surface area contributed by atoms with E-state index in [1.165, 1.54) is 55.1 Å². The fourth-order valence-electron chi connectivity index (χ4n) is 5.86. The summed E-state index contributed by atoms with van der Waals surface area (Å²) in [5.41, 5.74) is 7.43. The molecule has 0 spiro atoms. The number of aryl methyl sites for hydroxylation is 4. The number of pyridine rings is 2. The van der Waals surface area contributed by atoms with Crippen molar-refractivity contribution in [2.24, 2.45) is 10.8 Å². The van der Waals surface area contributed by atoms with Crippen LogP contribution in [0.4, 0.5) is 0 Å². The van der Waals surface area contributed by atoms with Gasteiger partial charge in [-0.05, 0) is 75.2 Å². The van der Waals surface area contributed by atoms with Crippen molar-refractivity contribution in [2.75, 3.05) is 0 Å². The first-order chi connectivity index (χ1) is 24.0. The maximum Gasteiger partial charge on any atom is 0.164 e. The van der Waals surface area contributed by atoms with Crippen LogP contribution in [0.3, 0.4) is 0 Å². The molecule has 1 N–H and O–H groups in total. The second-order valence-corrected chi connectivity index (χ2v) is 15.3. The van der Waals surface area contributed by atoms with E-state index in [4.69, 9.17) is 0 Å². The van der Waals surface area contributed by atoms with Gasteiger partial charge < -0.3 is 15.1 Å². The zero-order valence-electron chi connectivity index (χ0n) is 31.9. The molecule has 0 saturated carbocycles. The van der Waals surface area contributed by atoms with Crippen molar-refractivity contribution in [1.82, 2.24) is 9.97 Å². The molecule has 0 bridgehead atoms. The van der Waals surface area contributed by atoms with Gasteiger partial charge in [0.1, 0.15) is 5.76 Å². The average molecular weight is 865 g/mol. The maximum absolute atomic E-state index is 11.5. The molecule has 0 aliphatic rings. The van der Waals surface area contributed by atoms with E-state index in [0.29, 0.717) is 0 Å². The monoisotopic (exact) mass is 865 g/mol. The van der Waals surface area contributed by atoms with Gasteiger partial charge in [0.2, 0.25) is 0 Å². The number of benzene rings is 5. The number of nitrogens with zero attached hydrogens (tertiary/aromatic N) is 2. The Bertz CT molecular complexity index is 2340. The minimum Gasteiger partial charge on any atom is -0.512 e. The second kappa shape index (κ2) is 16.3. The second-order valence-electron chi connectivity index (χ2n) is 15.3. The smallest absolute Gasteiger partial charge is 0.164 e. The molecule has 2 aromatic heterocycles. The number of hydrogen-bond acceptors (Lipinski definition) is 4. The summed E-state index contributed by atoms with van der Waals surface area (Å²) in [6.07, 6.45) is 5.07. The van der Waals surface area contributed by atoms with Crippen LogP contribution in [0.5, 0.6) is 0 Å². The van der Waals surface area contributed by atoms with Crippen molar-refractivity contribution in [3.63, 3.8) is 0 Å². The number of rotatable bonds is 2. The first-order valence-electron chi connectivity index (χ1n) is 17.4. The minimum absolute atomic E-state index is 0. The van der Waals surface area contributed by atoms with Crippen molar-refractivity contribution >= 4 is 49.0 Å². The number of carbonyl (C=O) groups excluding carboxylic acids is 1. The number of allylic oxidation sites excluding steroid dienone is 2. The SMILES string of the molecule is CC(C)(C)C(=O)/C=C(\O)C(C)(C)C.Cc1[c-]c(-c2nccc3c2ccc2c(C)c(C)ccc23)cc(C)c1.[Ir].[c-]1cccc2ccc3cccnc3c12. The zero-order chi connectivity index (χ0) is 37.1. The molecule has 5 heteroatoms. The number of aromatic nitrogens is 2. The Kier molecular flexibility index (Phi) is 12.6. The molecule has 0 aliphatic carbocycles. The van der Waals surface area contributed by atoms with Gasteiger partial charge in [0.15, 0.2) is 5.78 Å². The Hall–Kier alpha value is -4.70. The zero-order valence-corrected chi connectivity index (χ0v) is 34.3. The molecule has 4 nitrogen and oxygen atoms in total. The van der Waals surface area contributed by atoms with Crippen LogP contribution in [-0.4, -0.2) is 20.9 Å². The molecule has 0 aliphatic heterocycles. The van der Waals surface area contributed by atoms with Crippen LogP contribution in [0.2, 0.25) is 0 Å². The van der Waals surface area contributed by atoms with Crippen LogP contribution in [0.15, 0.2) is 109 Å². The summed E-state index contributed by atoms with van der Waals surface area (Å²) in [4.78, 5) is 20.5. The van der Waals surface area contributed by atoms with E-state index in [1.807, 2.05) is 72.1 Å². The number of aliphatic hydroxyl groups excluding tert-OH is 1. The Balaban J connectivity index is 0.000000186. The molecule has 0 atom stereocenters. The Morgan fingerprint density at radius 1 is 0.712 bits per heavy atom. The van der Waals surface area contributed by atoms with Gasteiger partial charge in [0, 0.05) is 49.4 Å². The Labute approximate surface area is 322 Å². The summed E-state index contributed by atoms with van der Waals surface area (Å²) >= 11 is 0. The van der Waals surface area contributed by atoms with Crippen molar-refractivity contribution in [3.8, 4) is 11.3 Å².